The second-order valence-corrected chi connectivity index (χ2v) is 4.35. The lowest BCUT2D eigenvalue weighted by molar-refractivity contribution is -0.126. The first-order chi connectivity index (χ1) is 9.13. The van der Waals surface area contributed by atoms with Crippen LogP contribution >= 0.6 is 0 Å². The van der Waals surface area contributed by atoms with Crippen molar-refractivity contribution in [3.05, 3.63) is 29.8 Å². The van der Waals surface area contributed by atoms with Gasteiger partial charge in [-0.25, -0.2) is 0 Å². The van der Waals surface area contributed by atoms with E-state index in [9.17, 15) is 9.59 Å². The highest BCUT2D eigenvalue weighted by molar-refractivity contribution is 6.03. The molecule has 1 aromatic rings. The first kappa shape index (κ1) is 15.2. The molecule has 3 N–H and O–H groups in total. The average Bonchev–Trinajstić information content (AvgIpc) is 2.37. The second kappa shape index (κ2) is 8.26. The Balaban J connectivity index is 2.31. The molecule has 0 saturated carbocycles. The van der Waals surface area contributed by atoms with Gasteiger partial charge >= 0.3 is 0 Å². The van der Waals surface area contributed by atoms with Gasteiger partial charge in [0.1, 0.15) is 6.42 Å². The van der Waals surface area contributed by atoms with E-state index >= 15 is 0 Å². The van der Waals surface area contributed by atoms with Crippen LogP contribution in [0.4, 0.5) is 5.69 Å². The largest absolute Gasteiger partial charge is 0.356 e. The average molecular weight is 263 g/mol. The molecule has 0 saturated heterocycles. The summed E-state index contributed by atoms with van der Waals surface area (Å²) in [6, 6.07) is 7.48. The summed E-state index contributed by atoms with van der Waals surface area (Å²) in [5, 5.41) is 8.43. The summed E-state index contributed by atoms with van der Waals surface area (Å²) in [5.74, 6) is -0.539. The lowest BCUT2D eigenvalue weighted by Crippen LogP contribution is -2.30. The summed E-state index contributed by atoms with van der Waals surface area (Å²) in [6.45, 7) is 3.33. The summed E-state index contributed by atoms with van der Waals surface area (Å²) < 4.78 is 0. The van der Waals surface area contributed by atoms with Crippen molar-refractivity contribution in [2.45, 2.75) is 19.8 Å². The van der Waals surface area contributed by atoms with Crippen LogP contribution in [0.2, 0.25) is 0 Å². The molecular weight excluding hydrogens is 242 g/mol. The summed E-state index contributed by atoms with van der Waals surface area (Å²) in [7, 11) is 1.86. The third-order valence-electron chi connectivity index (χ3n) is 2.67. The van der Waals surface area contributed by atoms with Gasteiger partial charge in [0.2, 0.25) is 11.8 Å². The molecule has 0 spiro atoms. The molecule has 5 nitrogen and oxygen atoms in total. The third-order valence-corrected chi connectivity index (χ3v) is 2.67. The van der Waals surface area contributed by atoms with Gasteiger partial charge in [0, 0.05) is 12.2 Å². The molecule has 0 unspecified atom stereocenters. The second-order valence-electron chi connectivity index (χ2n) is 4.35. The Kier molecular flexibility index (Phi) is 6.60. The maximum Gasteiger partial charge on any atom is 0.233 e. The summed E-state index contributed by atoms with van der Waals surface area (Å²) in [4.78, 5) is 23.2. The molecule has 0 aromatic heterocycles. The van der Waals surface area contributed by atoms with E-state index in [2.05, 4.69) is 16.0 Å². The van der Waals surface area contributed by atoms with Crippen LogP contribution in [0.5, 0.6) is 0 Å². The van der Waals surface area contributed by atoms with E-state index in [1.165, 1.54) is 0 Å². The molecule has 1 aromatic carbocycles. The van der Waals surface area contributed by atoms with Crippen molar-refractivity contribution >= 4 is 17.5 Å². The van der Waals surface area contributed by atoms with Crippen LogP contribution in [0.1, 0.15) is 18.4 Å². The Morgan fingerprint density at radius 1 is 1.11 bits per heavy atom. The third kappa shape index (κ3) is 6.01. The molecule has 0 aliphatic carbocycles. The fourth-order valence-electron chi connectivity index (χ4n) is 1.61. The first-order valence-corrected chi connectivity index (χ1v) is 6.40. The SMILES string of the molecule is CNCCCNC(=O)CC(=O)Nc1ccccc1C. The van der Waals surface area contributed by atoms with E-state index < -0.39 is 0 Å². The van der Waals surface area contributed by atoms with Crippen LogP contribution in [0.25, 0.3) is 0 Å². The van der Waals surface area contributed by atoms with Crippen molar-refractivity contribution in [2.75, 3.05) is 25.5 Å². The topological polar surface area (TPSA) is 70.2 Å². The standard InChI is InChI=1S/C14H21N3O2/c1-11-6-3-4-7-12(11)17-14(19)10-13(18)16-9-5-8-15-2/h3-4,6-7,15H,5,8-10H2,1-2H3,(H,16,18)(H,17,19). The van der Waals surface area contributed by atoms with E-state index in [0.717, 1.165) is 24.2 Å². The minimum Gasteiger partial charge on any atom is -0.356 e. The minimum atomic E-state index is -0.291. The Hall–Kier alpha value is -1.88. The number of rotatable bonds is 7. The zero-order chi connectivity index (χ0) is 14.1. The number of hydrogen-bond acceptors (Lipinski definition) is 3. The van der Waals surface area contributed by atoms with Gasteiger partial charge in [0.25, 0.3) is 0 Å². The van der Waals surface area contributed by atoms with Crippen LogP contribution in [-0.2, 0) is 9.59 Å². The van der Waals surface area contributed by atoms with E-state index in [0.29, 0.717) is 6.54 Å². The van der Waals surface area contributed by atoms with Gasteiger partial charge in [-0.2, -0.15) is 0 Å². The molecule has 1 rings (SSSR count). The molecule has 0 aliphatic heterocycles. The van der Waals surface area contributed by atoms with Gasteiger partial charge in [-0.1, -0.05) is 18.2 Å². The summed E-state index contributed by atoms with van der Waals surface area (Å²) in [5.41, 5.74) is 1.72. The lowest BCUT2D eigenvalue weighted by atomic mass is 10.2. The van der Waals surface area contributed by atoms with E-state index in [1.807, 2.05) is 38.2 Å². The zero-order valence-corrected chi connectivity index (χ0v) is 11.5. The van der Waals surface area contributed by atoms with Crippen LogP contribution in [0.3, 0.4) is 0 Å². The number of carbonyl (C=O) groups is 2. The van der Waals surface area contributed by atoms with Crippen molar-refractivity contribution in [3.8, 4) is 0 Å². The van der Waals surface area contributed by atoms with E-state index in [-0.39, 0.29) is 18.2 Å². The highest BCUT2D eigenvalue weighted by atomic mass is 16.2. The van der Waals surface area contributed by atoms with E-state index in [4.69, 9.17) is 0 Å². The van der Waals surface area contributed by atoms with Crippen molar-refractivity contribution in [3.63, 3.8) is 0 Å². The van der Waals surface area contributed by atoms with Gasteiger partial charge in [0.15, 0.2) is 0 Å². The van der Waals surface area contributed by atoms with Gasteiger partial charge < -0.3 is 16.0 Å². The smallest absolute Gasteiger partial charge is 0.233 e. The molecular formula is C14H21N3O2. The predicted molar refractivity (Wildman–Crippen MR) is 76.0 cm³/mol. The quantitative estimate of drug-likeness (QED) is 0.508. The minimum absolute atomic E-state index is 0.145. The highest BCUT2D eigenvalue weighted by Crippen LogP contribution is 2.13. The monoisotopic (exact) mass is 263 g/mol. The van der Waals surface area contributed by atoms with Gasteiger partial charge in [-0.15, -0.1) is 0 Å². The van der Waals surface area contributed by atoms with Gasteiger partial charge in [0.05, 0.1) is 0 Å². The Bertz CT molecular complexity index is 432. The van der Waals surface area contributed by atoms with Crippen molar-refractivity contribution < 1.29 is 9.59 Å². The lowest BCUT2D eigenvalue weighted by Gasteiger charge is -2.08. The summed E-state index contributed by atoms with van der Waals surface area (Å²) in [6.07, 6.45) is 0.704. The molecule has 2 amide bonds. The Morgan fingerprint density at radius 3 is 2.53 bits per heavy atom. The Labute approximate surface area is 113 Å². The number of carbonyl (C=O) groups excluding carboxylic acids is 2. The maximum absolute atomic E-state index is 11.7. The van der Waals surface area contributed by atoms with Crippen LogP contribution in [0, 0.1) is 6.92 Å². The molecule has 0 atom stereocenters. The molecule has 0 radical (unpaired) electrons. The zero-order valence-electron chi connectivity index (χ0n) is 11.5. The molecule has 0 bridgehead atoms. The number of amides is 2. The highest BCUT2D eigenvalue weighted by Gasteiger charge is 2.09. The van der Waals surface area contributed by atoms with Crippen molar-refractivity contribution in [1.82, 2.24) is 10.6 Å². The molecule has 0 heterocycles. The van der Waals surface area contributed by atoms with E-state index in [1.54, 1.807) is 0 Å². The number of aryl methyl sites for hydroxylation is 1. The van der Waals surface area contributed by atoms with Crippen LogP contribution < -0.4 is 16.0 Å². The first-order valence-electron chi connectivity index (χ1n) is 6.40. The molecule has 5 heteroatoms. The summed E-state index contributed by atoms with van der Waals surface area (Å²) >= 11 is 0. The number of anilines is 1. The maximum atomic E-state index is 11.7. The molecule has 0 aliphatic rings. The normalized spacial score (nSPS) is 10.0. The van der Waals surface area contributed by atoms with Crippen LogP contribution in [-0.4, -0.2) is 32.0 Å². The number of para-hydroxylation sites is 1. The van der Waals surface area contributed by atoms with Crippen LogP contribution in [0.15, 0.2) is 24.3 Å². The fourth-order valence-corrected chi connectivity index (χ4v) is 1.61. The molecule has 104 valence electrons. The van der Waals surface area contributed by atoms with Crippen molar-refractivity contribution in [1.29, 1.82) is 0 Å². The Morgan fingerprint density at radius 2 is 1.84 bits per heavy atom. The van der Waals surface area contributed by atoms with Gasteiger partial charge in [-0.05, 0) is 38.6 Å². The number of benzene rings is 1. The van der Waals surface area contributed by atoms with Gasteiger partial charge in [-0.3, -0.25) is 9.59 Å². The number of hydrogen-bond donors (Lipinski definition) is 3. The molecule has 19 heavy (non-hydrogen) atoms. The predicted octanol–water partition coefficient (Wildman–Crippen LogP) is 1.05. The molecule has 0 fully saturated rings. The number of nitrogens with one attached hydrogen (secondary N) is 3. The fraction of sp³-hybridized carbons (Fsp3) is 0.429. The van der Waals surface area contributed by atoms with Crippen molar-refractivity contribution in [2.24, 2.45) is 0 Å².